The summed E-state index contributed by atoms with van der Waals surface area (Å²) >= 11 is 0. The van der Waals surface area contributed by atoms with Gasteiger partial charge >= 0.3 is 5.97 Å². The molecule has 0 unspecified atom stereocenters. The summed E-state index contributed by atoms with van der Waals surface area (Å²) in [5, 5.41) is 0. The highest BCUT2D eigenvalue weighted by molar-refractivity contribution is 5.87. The maximum Gasteiger partial charge on any atom is 0.340 e. The van der Waals surface area contributed by atoms with Crippen LogP contribution in [0.4, 0.5) is 0 Å². The summed E-state index contributed by atoms with van der Waals surface area (Å²) in [6.07, 6.45) is 5.63. The summed E-state index contributed by atoms with van der Waals surface area (Å²) in [5.41, 5.74) is 0.674. The number of carbonyl (C=O) groups is 1. The molecule has 1 aromatic heterocycles. The fourth-order valence-electron chi connectivity index (χ4n) is 1.23. The quantitative estimate of drug-likeness (QED) is 0.424. The van der Waals surface area contributed by atoms with Crippen molar-refractivity contribution in [1.82, 2.24) is 0 Å². The number of pyridine rings is 1. The van der Waals surface area contributed by atoms with E-state index in [0.29, 0.717) is 18.7 Å². The van der Waals surface area contributed by atoms with Gasteiger partial charge in [0.2, 0.25) is 0 Å². The second kappa shape index (κ2) is 5.96. The summed E-state index contributed by atoms with van der Waals surface area (Å²) in [4.78, 5) is 11.5. The zero-order chi connectivity index (χ0) is 11.1. The van der Waals surface area contributed by atoms with Crippen molar-refractivity contribution in [3.8, 4) is 0 Å². The number of aromatic nitrogens is 1. The van der Waals surface area contributed by atoms with Crippen LogP contribution in [0.25, 0.3) is 0 Å². The van der Waals surface area contributed by atoms with Crippen LogP contribution in [-0.4, -0.2) is 12.6 Å². The van der Waals surface area contributed by atoms with Crippen molar-refractivity contribution in [1.29, 1.82) is 0 Å². The number of carbonyl (C=O) groups excluding carboxylic acids is 1. The molecule has 0 fully saturated rings. The molecule has 0 atom stereocenters. The molecule has 3 nitrogen and oxygen atoms in total. The monoisotopic (exact) mass is 206 g/mol. The molecule has 3 heteroatoms. The van der Waals surface area contributed by atoms with Gasteiger partial charge in [-0.05, 0) is 13.8 Å². The van der Waals surface area contributed by atoms with Gasteiger partial charge in [-0.2, -0.15) is 0 Å². The molecule has 0 saturated carbocycles. The van der Waals surface area contributed by atoms with Crippen molar-refractivity contribution in [2.75, 3.05) is 6.61 Å². The first kappa shape index (κ1) is 11.4. The first-order valence-electron chi connectivity index (χ1n) is 5.04. The minimum absolute atomic E-state index is 0.239. The molecule has 0 aliphatic carbocycles. The molecule has 80 valence electrons. The van der Waals surface area contributed by atoms with E-state index in [2.05, 4.69) is 0 Å². The molecular weight excluding hydrogens is 190 g/mol. The molecule has 0 radical (unpaired) electrons. The molecule has 0 saturated heterocycles. The number of hydrogen-bond donors (Lipinski definition) is 0. The van der Waals surface area contributed by atoms with Crippen LogP contribution >= 0.6 is 0 Å². The predicted octanol–water partition coefficient (Wildman–Crippen LogP) is 1.48. The van der Waals surface area contributed by atoms with Crippen LogP contribution in [0.1, 0.15) is 13.8 Å². The third kappa shape index (κ3) is 3.54. The Labute approximate surface area is 90.0 Å². The van der Waals surface area contributed by atoms with E-state index in [4.69, 9.17) is 4.74 Å². The van der Waals surface area contributed by atoms with Crippen molar-refractivity contribution < 1.29 is 14.1 Å². The standard InChI is InChI=1S/C12H16NO2/c1-3-11(12(14)15-4-2)10-13-8-6-5-7-9-13/h3,5-9H,4,10H2,1-2H3/q+1/b11-3+. The van der Waals surface area contributed by atoms with Gasteiger partial charge in [0.1, 0.15) is 0 Å². The van der Waals surface area contributed by atoms with Crippen LogP contribution in [-0.2, 0) is 16.1 Å². The molecule has 0 spiro atoms. The highest BCUT2D eigenvalue weighted by Crippen LogP contribution is 1.98. The largest absolute Gasteiger partial charge is 0.462 e. The number of rotatable bonds is 4. The summed E-state index contributed by atoms with van der Waals surface area (Å²) in [6.45, 7) is 4.61. The van der Waals surface area contributed by atoms with Crippen LogP contribution in [0, 0.1) is 0 Å². The minimum Gasteiger partial charge on any atom is -0.462 e. The maximum absolute atomic E-state index is 11.5. The van der Waals surface area contributed by atoms with Gasteiger partial charge in [0, 0.05) is 12.1 Å². The number of nitrogens with zero attached hydrogens (tertiary/aromatic N) is 1. The average Bonchev–Trinajstić information content (AvgIpc) is 2.27. The second-order valence-electron chi connectivity index (χ2n) is 3.08. The van der Waals surface area contributed by atoms with Gasteiger partial charge in [-0.15, -0.1) is 0 Å². The summed E-state index contributed by atoms with van der Waals surface area (Å²) in [6, 6.07) is 5.80. The molecule has 1 aromatic rings. The average molecular weight is 206 g/mol. The van der Waals surface area contributed by atoms with E-state index in [1.54, 1.807) is 13.0 Å². The van der Waals surface area contributed by atoms with Gasteiger partial charge in [0.15, 0.2) is 18.9 Å². The smallest absolute Gasteiger partial charge is 0.340 e. The Hall–Kier alpha value is -1.64. The number of hydrogen-bond acceptors (Lipinski definition) is 2. The zero-order valence-electron chi connectivity index (χ0n) is 9.14. The second-order valence-corrected chi connectivity index (χ2v) is 3.08. The topological polar surface area (TPSA) is 30.2 Å². The molecule has 0 aliphatic heterocycles. The number of allylic oxidation sites excluding steroid dienone is 1. The Bertz CT molecular complexity index is 344. The lowest BCUT2D eigenvalue weighted by atomic mass is 10.2. The summed E-state index contributed by atoms with van der Waals surface area (Å²) < 4.78 is 6.88. The van der Waals surface area contributed by atoms with Gasteiger partial charge in [-0.3, -0.25) is 0 Å². The molecule has 0 amide bonds. The van der Waals surface area contributed by atoms with Gasteiger partial charge in [-0.1, -0.05) is 12.1 Å². The minimum atomic E-state index is -0.239. The predicted molar refractivity (Wildman–Crippen MR) is 57.0 cm³/mol. The Kier molecular flexibility index (Phi) is 4.54. The van der Waals surface area contributed by atoms with Crippen molar-refractivity contribution >= 4 is 5.97 Å². The van der Waals surface area contributed by atoms with Crippen LogP contribution in [0.2, 0.25) is 0 Å². The molecule has 1 rings (SSSR count). The van der Waals surface area contributed by atoms with Crippen LogP contribution in [0.15, 0.2) is 42.2 Å². The highest BCUT2D eigenvalue weighted by atomic mass is 16.5. The third-order valence-corrected chi connectivity index (χ3v) is 2.02. The Morgan fingerprint density at radius 3 is 2.53 bits per heavy atom. The fraction of sp³-hybridized carbons (Fsp3) is 0.333. The number of esters is 1. The van der Waals surface area contributed by atoms with Crippen molar-refractivity contribution in [3.63, 3.8) is 0 Å². The van der Waals surface area contributed by atoms with Crippen molar-refractivity contribution in [3.05, 3.63) is 42.2 Å². The zero-order valence-corrected chi connectivity index (χ0v) is 9.14. The van der Waals surface area contributed by atoms with Crippen LogP contribution in [0.3, 0.4) is 0 Å². The van der Waals surface area contributed by atoms with E-state index in [-0.39, 0.29) is 5.97 Å². The molecule has 0 N–H and O–H groups in total. The van der Waals surface area contributed by atoms with Gasteiger partial charge in [0.25, 0.3) is 0 Å². The Morgan fingerprint density at radius 1 is 1.33 bits per heavy atom. The van der Waals surface area contributed by atoms with Crippen LogP contribution in [0.5, 0.6) is 0 Å². The Morgan fingerprint density at radius 2 is 2.00 bits per heavy atom. The van der Waals surface area contributed by atoms with E-state index < -0.39 is 0 Å². The SMILES string of the molecule is C/C=C(\C[n+]1ccccc1)C(=O)OCC. The van der Waals surface area contributed by atoms with E-state index in [9.17, 15) is 4.79 Å². The Balaban J connectivity index is 2.67. The molecule has 15 heavy (non-hydrogen) atoms. The van der Waals surface area contributed by atoms with Crippen molar-refractivity contribution in [2.24, 2.45) is 0 Å². The van der Waals surface area contributed by atoms with Gasteiger partial charge in [0.05, 0.1) is 12.2 Å². The van der Waals surface area contributed by atoms with Gasteiger partial charge < -0.3 is 4.74 Å². The number of ether oxygens (including phenoxy) is 1. The lowest BCUT2D eigenvalue weighted by molar-refractivity contribution is -0.688. The van der Waals surface area contributed by atoms with Crippen LogP contribution < -0.4 is 4.57 Å². The van der Waals surface area contributed by atoms with E-state index >= 15 is 0 Å². The maximum atomic E-state index is 11.5. The summed E-state index contributed by atoms with van der Waals surface area (Å²) in [7, 11) is 0. The molecule has 0 aliphatic rings. The van der Waals surface area contributed by atoms with Gasteiger partial charge in [-0.25, -0.2) is 9.36 Å². The third-order valence-electron chi connectivity index (χ3n) is 2.02. The fourth-order valence-corrected chi connectivity index (χ4v) is 1.23. The first-order valence-corrected chi connectivity index (χ1v) is 5.04. The molecule has 0 aromatic carbocycles. The lowest BCUT2D eigenvalue weighted by Gasteiger charge is -2.02. The van der Waals surface area contributed by atoms with E-state index in [0.717, 1.165) is 0 Å². The lowest BCUT2D eigenvalue weighted by Crippen LogP contribution is -2.35. The first-order chi connectivity index (χ1) is 7.27. The van der Waals surface area contributed by atoms with Crippen molar-refractivity contribution in [2.45, 2.75) is 20.4 Å². The molecule has 1 heterocycles. The van der Waals surface area contributed by atoms with E-state index in [1.807, 2.05) is 42.1 Å². The molecule has 0 bridgehead atoms. The summed E-state index contributed by atoms with van der Waals surface area (Å²) in [5.74, 6) is -0.239. The highest BCUT2D eigenvalue weighted by Gasteiger charge is 2.13. The molecular formula is C12H16NO2+. The normalized spacial score (nSPS) is 11.2. The van der Waals surface area contributed by atoms with E-state index in [1.165, 1.54) is 0 Å².